The largest absolute Gasteiger partial charge is 0.493 e. The van der Waals surface area contributed by atoms with Gasteiger partial charge in [-0.25, -0.2) is 23.4 Å². The van der Waals surface area contributed by atoms with Crippen LogP contribution in [0.15, 0.2) is 82.8 Å². The molecule has 0 radical (unpaired) electrons. The van der Waals surface area contributed by atoms with Gasteiger partial charge in [-0.15, -0.1) is 0 Å². The fourth-order valence-electron chi connectivity index (χ4n) is 2.81. The number of ether oxygens (including phenoxy) is 3. The van der Waals surface area contributed by atoms with E-state index >= 15 is 0 Å². The van der Waals surface area contributed by atoms with E-state index in [1.165, 1.54) is 38.6 Å². The number of sulfonamides is 1. The lowest BCUT2D eigenvalue weighted by Gasteiger charge is -2.09. The standard InChI is InChI=1S/C24H23N3O7S/c1-32-21-13-10-18(14-22(21)33-2)24(29)34-19-11-8-17(9-12-19)15-25-27-23(28)16-26-35(30,31)20-6-4-3-5-7-20/h3-15,26H,16H2,1-2H3,(H,27,28)/b25-15+. The minimum absolute atomic E-state index is 0.0585. The molecule has 0 saturated heterocycles. The first-order valence-electron chi connectivity index (χ1n) is 10.2. The number of esters is 1. The zero-order chi connectivity index (χ0) is 25.3. The third kappa shape index (κ3) is 7.13. The molecule has 0 aromatic heterocycles. The number of carbonyl (C=O) groups excluding carboxylic acids is 2. The molecule has 0 atom stereocenters. The quantitative estimate of drug-likeness (QED) is 0.190. The van der Waals surface area contributed by atoms with Gasteiger partial charge in [-0.3, -0.25) is 4.79 Å². The Bertz CT molecular complexity index is 1310. The van der Waals surface area contributed by atoms with Gasteiger partial charge in [0.2, 0.25) is 10.0 Å². The van der Waals surface area contributed by atoms with Crippen LogP contribution in [0.4, 0.5) is 0 Å². The average Bonchev–Trinajstić information content (AvgIpc) is 2.88. The van der Waals surface area contributed by atoms with Crippen molar-refractivity contribution in [2.75, 3.05) is 20.8 Å². The van der Waals surface area contributed by atoms with E-state index in [1.807, 2.05) is 0 Å². The van der Waals surface area contributed by atoms with Gasteiger partial charge in [0.05, 0.1) is 37.4 Å². The second kappa shape index (κ2) is 11.8. The SMILES string of the molecule is COc1ccc(C(=O)Oc2ccc(/C=N/NC(=O)CNS(=O)(=O)c3ccccc3)cc2)cc1OC. The maximum absolute atomic E-state index is 12.4. The monoisotopic (exact) mass is 497 g/mol. The summed E-state index contributed by atoms with van der Waals surface area (Å²) in [5.74, 6) is -0.00286. The molecule has 0 aliphatic rings. The first-order valence-corrected chi connectivity index (χ1v) is 11.7. The van der Waals surface area contributed by atoms with Crippen molar-refractivity contribution in [3.63, 3.8) is 0 Å². The molecule has 0 heterocycles. The molecule has 0 aliphatic carbocycles. The van der Waals surface area contributed by atoms with Gasteiger partial charge in [0.1, 0.15) is 5.75 Å². The molecule has 10 nitrogen and oxygen atoms in total. The number of methoxy groups -OCH3 is 2. The number of benzene rings is 3. The molecular formula is C24H23N3O7S. The van der Waals surface area contributed by atoms with Gasteiger partial charge < -0.3 is 14.2 Å². The van der Waals surface area contributed by atoms with Gasteiger partial charge in [0.15, 0.2) is 11.5 Å². The van der Waals surface area contributed by atoms with E-state index in [9.17, 15) is 18.0 Å². The minimum Gasteiger partial charge on any atom is -0.493 e. The molecule has 3 rings (SSSR count). The fraction of sp³-hybridized carbons (Fsp3) is 0.125. The van der Waals surface area contributed by atoms with E-state index in [-0.39, 0.29) is 4.90 Å². The topological polar surface area (TPSA) is 132 Å². The average molecular weight is 498 g/mol. The molecule has 0 saturated carbocycles. The number of carbonyl (C=O) groups is 2. The molecule has 0 aliphatic heterocycles. The summed E-state index contributed by atoms with van der Waals surface area (Å²) in [4.78, 5) is 24.3. The normalized spacial score (nSPS) is 11.1. The van der Waals surface area contributed by atoms with Crippen LogP contribution in [0.25, 0.3) is 0 Å². The summed E-state index contributed by atoms with van der Waals surface area (Å²) in [7, 11) is -0.822. The Labute approximate surface area is 202 Å². The lowest BCUT2D eigenvalue weighted by atomic mass is 10.2. The van der Waals surface area contributed by atoms with Crippen molar-refractivity contribution in [2.24, 2.45) is 5.10 Å². The number of nitrogens with one attached hydrogen (secondary N) is 2. The summed E-state index contributed by atoms with van der Waals surface area (Å²) in [6.45, 7) is -0.473. The van der Waals surface area contributed by atoms with Crippen molar-refractivity contribution in [2.45, 2.75) is 4.90 Å². The van der Waals surface area contributed by atoms with Crippen molar-refractivity contribution >= 4 is 28.1 Å². The second-order valence-corrected chi connectivity index (χ2v) is 8.73. The van der Waals surface area contributed by atoms with Crippen LogP contribution in [0.2, 0.25) is 0 Å². The predicted octanol–water partition coefficient (Wildman–Crippen LogP) is 2.35. The van der Waals surface area contributed by atoms with Crippen molar-refractivity contribution in [1.82, 2.24) is 10.1 Å². The van der Waals surface area contributed by atoms with E-state index in [1.54, 1.807) is 54.6 Å². The zero-order valence-electron chi connectivity index (χ0n) is 18.9. The van der Waals surface area contributed by atoms with E-state index in [0.29, 0.717) is 28.4 Å². The van der Waals surface area contributed by atoms with E-state index in [4.69, 9.17) is 14.2 Å². The molecule has 35 heavy (non-hydrogen) atoms. The Morgan fingerprint density at radius 2 is 1.60 bits per heavy atom. The van der Waals surface area contributed by atoms with Gasteiger partial charge in [0.25, 0.3) is 5.91 Å². The number of nitrogens with zero attached hydrogens (tertiary/aromatic N) is 1. The van der Waals surface area contributed by atoms with Crippen LogP contribution in [0, 0.1) is 0 Å². The van der Waals surface area contributed by atoms with Crippen molar-refractivity contribution < 1.29 is 32.2 Å². The summed E-state index contributed by atoms with van der Waals surface area (Å²) in [6.07, 6.45) is 1.36. The highest BCUT2D eigenvalue weighted by atomic mass is 32.2. The van der Waals surface area contributed by atoms with Gasteiger partial charge in [-0.2, -0.15) is 5.10 Å². The van der Waals surface area contributed by atoms with Crippen LogP contribution in [-0.4, -0.2) is 47.3 Å². The van der Waals surface area contributed by atoms with E-state index in [2.05, 4.69) is 15.2 Å². The highest BCUT2D eigenvalue weighted by Gasteiger charge is 2.15. The summed E-state index contributed by atoms with van der Waals surface area (Å²) in [5.41, 5.74) is 3.14. The molecule has 0 unspecified atom stereocenters. The zero-order valence-corrected chi connectivity index (χ0v) is 19.7. The number of rotatable bonds is 10. The van der Waals surface area contributed by atoms with Crippen LogP contribution in [0.3, 0.4) is 0 Å². The molecule has 11 heteroatoms. The Hall–Kier alpha value is -4.22. The molecule has 182 valence electrons. The first kappa shape index (κ1) is 25.4. The second-order valence-electron chi connectivity index (χ2n) is 6.96. The van der Waals surface area contributed by atoms with Crippen LogP contribution < -0.4 is 24.4 Å². The van der Waals surface area contributed by atoms with Gasteiger partial charge in [-0.1, -0.05) is 18.2 Å². The summed E-state index contributed by atoms with van der Waals surface area (Å²) in [5, 5.41) is 3.80. The maximum atomic E-state index is 12.4. The number of hydrogen-bond donors (Lipinski definition) is 2. The predicted molar refractivity (Wildman–Crippen MR) is 128 cm³/mol. The van der Waals surface area contributed by atoms with Crippen LogP contribution >= 0.6 is 0 Å². The third-order valence-electron chi connectivity index (χ3n) is 4.59. The summed E-state index contributed by atoms with van der Waals surface area (Å²) >= 11 is 0. The Balaban J connectivity index is 1.50. The van der Waals surface area contributed by atoms with Crippen molar-refractivity contribution in [3.05, 3.63) is 83.9 Å². The van der Waals surface area contributed by atoms with Gasteiger partial charge in [-0.05, 0) is 60.2 Å². The van der Waals surface area contributed by atoms with Crippen LogP contribution in [0.5, 0.6) is 17.2 Å². The Morgan fingerprint density at radius 1 is 0.914 bits per heavy atom. The Morgan fingerprint density at radius 3 is 2.26 bits per heavy atom. The molecular weight excluding hydrogens is 474 g/mol. The number of amides is 1. The lowest BCUT2D eigenvalue weighted by molar-refractivity contribution is -0.119. The minimum atomic E-state index is -3.79. The van der Waals surface area contributed by atoms with Gasteiger partial charge >= 0.3 is 5.97 Å². The number of hydrazone groups is 1. The molecule has 0 fully saturated rings. The Kier molecular flexibility index (Phi) is 8.54. The molecule has 0 spiro atoms. The van der Waals surface area contributed by atoms with Gasteiger partial charge in [0, 0.05) is 0 Å². The third-order valence-corrected chi connectivity index (χ3v) is 6.01. The molecule has 3 aromatic rings. The van der Waals surface area contributed by atoms with Crippen LogP contribution in [0.1, 0.15) is 15.9 Å². The first-order chi connectivity index (χ1) is 16.8. The van der Waals surface area contributed by atoms with Crippen molar-refractivity contribution in [1.29, 1.82) is 0 Å². The lowest BCUT2D eigenvalue weighted by Crippen LogP contribution is -2.34. The fourth-order valence-corrected chi connectivity index (χ4v) is 3.82. The number of hydrogen-bond acceptors (Lipinski definition) is 8. The maximum Gasteiger partial charge on any atom is 0.343 e. The highest BCUT2D eigenvalue weighted by molar-refractivity contribution is 7.89. The van der Waals surface area contributed by atoms with Crippen molar-refractivity contribution in [3.8, 4) is 17.2 Å². The molecule has 2 N–H and O–H groups in total. The van der Waals surface area contributed by atoms with E-state index in [0.717, 1.165) is 0 Å². The summed E-state index contributed by atoms with van der Waals surface area (Å²) < 4.78 is 42.1. The molecule has 0 bridgehead atoms. The molecule has 3 aromatic carbocycles. The highest BCUT2D eigenvalue weighted by Crippen LogP contribution is 2.28. The molecule has 1 amide bonds. The smallest absolute Gasteiger partial charge is 0.343 e. The summed E-state index contributed by atoms with van der Waals surface area (Å²) in [6, 6.07) is 18.8. The van der Waals surface area contributed by atoms with E-state index < -0.39 is 28.4 Å². The van der Waals surface area contributed by atoms with Crippen LogP contribution in [-0.2, 0) is 14.8 Å².